The number of carbonyl (C=O) groups excluding carboxylic acids is 2. The zero-order valence-electron chi connectivity index (χ0n) is 27.2. The van der Waals surface area contributed by atoms with Crippen LogP contribution < -0.4 is 19.1 Å². The Kier molecular flexibility index (Phi) is 8.12. The summed E-state index contributed by atoms with van der Waals surface area (Å²) in [7, 11) is -0.868. The molecule has 0 saturated heterocycles. The molecule has 1 aliphatic heterocycles. The third-order valence-electron chi connectivity index (χ3n) is 7.78. The van der Waals surface area contributed by atoms with E-state index < -0.39 is 21.7 Å². The predicted octanol–water partition coefficient (Wildman–Crippen LogP) is 7.45. The molecule has 9 nitrogen and oxygen atoms in total. The highest BCUT2D eigenvalue weighted by Gasteiger charge is 2.30. The highest BCUT2D eigenvalue weighted by Crippen LogP contribution is 2.43. The van der Waals surface area contributed by atoms with Crippen molar-refractivity contribution in [3.8, 4) is 33.9 Å². The first kappa shape index (κ1) is 32.5. The van der Waals surface area contributed by atoms with Gasteiger partial charge in [-0.1, -0.05) is 18.2 Å². The Balaban J connectivity index is 1.46. The van der Waals surface area contributed by atoms with Crippen molar-refractivity contribution >= 4 is 44.4 Å². The molecule has 0 bridgehead atoms. The number of nitrogens with one attached hydrogen (secondary N) is 1. The summed E-state index contributed by atoms with van der Waals surface area (Å²) in [6, 6.07) is 21.0. The topological polar surface area (TPSA) is 115 Å². The second kappa shape index (κ2) is 12.0. The Morgan fingerprint density at radius 1 is 0.938 bits per heavy atom. The number of carbonyl (C=O) groups is 2. The van der Waals surface area contributed by atoms with Crippen LogP contribution in [0.4, 0.5) is 10.1 Å². The van der Waals surface area contributed by atoms with Crippen LogP contribution in [-0.4, -0.2) is 46.1 Å². The maximum atomic E-state index is 13.7. The maximum absolute atomic E-state index is 13.7. The van der Waals surface area contributed by atoms with Crippen molar-refractivity contribution in [1.29, 1.82) is 0 Å². The summed E-state index contributed by atoms with van der Waals surface area (Å²) >= 11 is 0. The summed E-state index contributed by atoms with van der Waals surface area (Å²) in [6.07, 6.45) is 2.72. The first-order valence-electron chi connectivity index (χ1n) is 15.0. The molecule has 5 aromatic rings. The number of Topliss-reactive ketones (excluding diaryl/α,β-unsaturated/α-hetero) is 1. The van der Waals surface area contributed by atoms with Crippen LogP contribution in [0.2, 0.25) is 0 Å². The number of fused-ring (bicyclic) bond motifs is 2. The molecular formula is C37H33FN2O7S. The molecule has 2 heterocycles. The van der Waals surface area contributed by atoms with Crippen LogP contribution in [-0.2, 0) is 10.0 Å². The summed E-state index contributed by atoms with van der Waals surface area (Å²) in [4.78, 5) is 26.8. The number of sulfonamides is 1. The zero-order chi connectivity index (χ0) is 34.5. The van der Waals surface area contributed by atoms with Gasteiger partial charge in [-0.3, -0.25) is 13.9 Å². The van der Waals surface area contributed by atoms with Gasteiger partial charge in [-0.2, -0.15) is 0 Å². The van der Waals surface area contributed by atoms with Crippen LogP contribution in [0.5, 0.6) is 11.5 Å². The van der Waals surface area contributed by atoms with Gasteiger partial charge < -0.3 is 19.2 Å². The quantitative estimate of drug-likeness (QED) is 0.179. The lowest BCUT2D eigenvalue weighted by molar-refractivity contribution is 0.0963. The van der Waals surface area contributed by atoms with E-state index in [9.17, 15) is 22.4 Å². The average molecular weight is 669 g/mol. The minimum atomic E-state index is -3.75. The van der Waals surface area contributed by atoms with Gasteiger partial charge in [0.1, 0.15) is 34.3 Å². The first-order valence-corrected chi connectivity index (χ1v) is 16.9. The molecule has 1 aliphatic rings. The summed E-state index contributed by atoms with van der Waals surface area (Å²) in [5.74, 6) is 0.144. The largest absolute Gasteiger partial charge is 0.488 e. The molecule has 0 fully saturated rings. The summed E-state index contributed by atoms with van der Waals surface area (Å²) in [5, 5.41) is 3.03. The number of ketones is 1. The molecular weight excluding hydrogens is 635 g/mol. The lowest BCUT2D eigenvalue weighted by atomic mass is 9.96. The van der Waals surface area contributed by atoms with Gasteiger partial charge >= 0.3 is 0 Å². The van der Waals surface area contributed by atoms with Crippen LogP contribution in [0, 0.1) is 5.82 Å². The van der Waals surface area contributed by atoms with Crippen molar-refractivity contribution in [1.82, 2.24) is 5.32 Å². The lowest BCUT2D eigenvalue weighted by Crippen LogP contribution is -2.25. The SMILES string of the molecule is CNC(=O)c1c(-c2ccc(F)cc2)oc2cc(N(C)S(C)(=O)=O)c(-c3ccc4c(c3)C(=O)C(=Cc3ccc(OC(C)(C)C)cc3)O4)cc12. The van der Waals surface area contributed by atoms with Crippen molar-refractivity contribution < 1.29 is 36.3 Å². The molecule has 1 aromatic heterocycles. The number of rotatable bonds is 7. The van der Waals surface area contributed by atoms with Gasteiger partial charge in [0.15, 0.2) is 5.76 Å². The minimum absolute atomic E-state index is 0.135. The number of allylic oxidation sites excluding steroid dienone is 1. The number of ether oxygens (including phenoxy) is 2. The van der Waals surface area contributed by atoms with E-state index in [4.69, 9.17) is 13.9 Å². The van der Waals surface area contributed by atoms with Gasteiger partial charge in [0.25, 0.3) is 5.91 Å². The minimum Gasteiger partial charge on any atom is -0.488 e. The maximum Gasteiger partial charge on any atom is 0.255 e. The molecule has 0 radical (unpaired) electrons. The van der Waals surface area contributed by atoms with Crippen molar-refractivity contribution in [2.24, 2.45) is 0 Å². The fraction of sp³-hybridized carbons (Fsp3) is 0.189. The molecule has 0 spiro atoms. The van der Waals surface area contributed by atoms with E-state index in [-0.39, 0.29) is 39.7 Å². The molecule has 0 unspecified atom stereocenters. The Morgan fingerprint density at radius 3 is 2.23 bits per heavy atom. The van der Waals surface area contributed by atoms with E-state index in [1.807, 2.05) is 45.0 Å². The van der Waals surface area contributed by atoms with Crippen molar-refractivity contribution in [2.45, 2.75) is 26.4 Å². The van der Waals surface area contributed by atoms with Gasteiger partial charge in [0.05, 0.1) is 23.1 Å². The molecule has 0 aliphatic carbocycles. The van der Waals surface area contributed by atoms with Crippen molar-refractivity contribution in [3.05, 3.63) is 107 Å². The smallest absolute Gasteiger partial charge is 0.255 e. The number of furan rings is 1. The Bertz CT molecular complexity index is 2230. The van der Waals surface area contributed by atoms with Gasteiger partial charge in [-0.05, 0) is 92.6 Å². The number of amides is 1. The average Bonchev–Trinajstić information content (AvgIpc) is 3.56. The summed E-state index contributed by atoms with van der Waals surface area (Å²) in [5.41, 5.74) is 2.78. The van der Waals surface area contributed by atoms with Gasteiger partial charge in [0, 0.05) is 36.7 Å². The number of nitrogens with zero attached hydrogens (tertiary/aromatic N) is 1. The fourth-order valence-electron chi connectivity index (χ4n) is 5.45. The Hall–Kier alpha value is -5.42. The summed E-state index contributed by atoms with van der Waals surface area (Å²) < 4.78 is 58.4. The Morgan fingerprint density at radius 2 is 1.60 bits per heavy atom. The van der Waals surface area contributed by atoms with Crippen LogP contribution in [0.15, 0.2) is 89.0 Å². The van der Waals surface area contributed by atoms with Crippen molar-refractivity contribution in [2.75, 3.05) is 24.7 Å². The van der Waals surface area contributed by atoms with E-state index in [1.165, 1.54) is 44.4 Å². The number of benzene rings is 4. The van der Waals surface area contributed by atoms with Crippen LogP contribution in [0.1, 0.15) is 47.1 Å². The third-order valence-corrected chi connectivity index (χ3v) is 8.98. The van der Waals surface area contributed by atoms with Crippen LogP contribution in [0.25, 0.3) is 39.5 Å². The van der Waals surface area contributed by atoms with E-state index >= 15 is 0 Å². The molecule has 11 heteroatoms. The standard InChI is InChI=1S/C37H33FN2O7S/c1-37(2,3)47-25-14-7-21(8-15-25)17-32-34(41)28-18-23(11-16-30(28)45-32)26-19-27-31(20-29(26)40(5)48(6,43)44)46-35(33(27)36(42)39-4)22-9-12-24(38)13-10-22/h7-20H,1-6H3,(H,39,42). The highest BCUT2D eigenvalue weighted by atomic mass is 32.2. The second-order valence-electron chi connectivity index (χ2n) is 12.4. The molecule has 0 atom stereocenters. The highest BCUT2D eigenvalue weighted by molar-refractivity contribution is 7.92. The Labute approximate surface area is 277 Å². The van der Waals surface area contributed by atoms with E-state index in [1.54, 1.807) is 30.3 Å². The number of hydrogen-bond acceptors (Lipinski definition) is 7. The number of anilines is 1. The number of hydrogen-bond donors (Lipinski definition) is 1. The predicted molar refractivity (Wildman–Crippen MR) is 183 cm³/mol. The molecule has 4 aromatic carbocycles. The van der Waals surface area contributed by atoms with E-state index in [0.29, 0.717) is 39.1 Å². The van der Waals surface area contributed by atoms with Gasteiger partial charge in [-0.25, -0.2) is 12.8 Å². The van der Waals surface area contributed by atoms with E-state index in [0.717, 1.165) is 16.1 Å². The third kappa shape index (κ3) is 6.28. The molecule has 1 amide bonds. The molecule has 48 heavy (non-hydrogen) atoms. The molecule has 6 rings (SSSR count). The lowest BCUT2D eigenvalue weighted by Gasteiger charge is -2.21. The second-order valence-corrected chi connectivity index (χ2v) is 14.4. The van der Waals surface area contributed by atoms with Crippen LogP contribution in [0.3, 0.4) is 0 Å². The van der Waals surface area contributed by atoms with E-state index in [2.05, 4.69) is 5.32 Å². The zero-order valence-corrected chi connectivity index (χ0v) is 28.0. The van der Waals surface area contributed by atoms with Gasteiger partial charge in [-0.15, -0.1) is 0 Å². The van der Waals surface area contributed by atoms with Gasteiger partial charge in [0.2, 0.25) is 15.8 Å². The molecule has 246 valence electrons. The number of halogens is 1. The fourth-order valence-corrected chi connectivity index (χ4v) is 5.96. The summed E-state index contributed by atoms with van der Waals surface area (Å²) in [6.45, 7) is 5.88. The first-order chi connectivity index (χ1) is 22.6. The molecule has 0 saturated carbocycles. The molecule has 1 N–H and O–H groups in total. The monoisotopic (exact) mass is 668 g/mol. The van der Waals surface area contributed by atoms with Crippen molar-refractivity contribution in [3.63, 3.8) is 0 Å². The van der Waals surface area contributed by atoms with Crippen LogP contribution >= 0.6 is 0 Å². The normalized spacial score (nSPS) is 13.8.